The van der Waals surface area contributed by atoms with Crippen molar-refractivity contribution in [2.75, 3.05) is 19.6 Å². The molecule has 2 aliphatic rings. The highest BCUT2D eigenvalue weighted by Crippen LogP contribution is 2.41. The molecule has 0 saturated carbocycles. The lowest BCUT2D eigenvalue weighted by Gasteiger charge is -2.39. The molecular weight excluding hydrogens is 370 g/mol. The summed E-state index contributed by atoms with van der Waals surface area (Å²) in [7, 11) is 0. The lowest BCUT2D eigenvalue weighted by atomic mass is 9.78. The molecule has 2 fully saturated rings. The zero-order chi connectivity index (χ0) is 19.0. The molecule has 1 aromatic carbocycles. The van der Waals surface area contributed by atoms with Gasteiger partial charge < -0.3 is 9.80 Å². The predicted molar refractivity (Wildman–Crippen MR) is 98.3 cm³/mol. The van der Waals surface area contributed by atoms with Crippen LogP contribution in [-0.4, -0.2) is 41.2 Å². The van der Waals surface area contributed by atoms with Crippen LogP contribution in [0.4, 0.5) is 8.78 Å². The normalized spacial score (nSPS) is 22.7. The number of carbonyl (C=O) groups is 2. The van der Waals surface area contributed by atoms with E-state index in [1.54, 1.807) is 15.9 Å². The maximum Gasteiger partial charge on any atom is 0.254 e. The highest BCUT2D eigenvalue weighted by molar-refractivity contribution is 7.08. The number of likely N-dealkylation sites (tertiary alicyclic amines) is 2. The summed E-state index contributed by atoms with van der Waals surface area (Å²) in [5.74, 6) is -1.90. The van der Waals surface area contributed by atoms with E-state index in [-0.39, 0.29) is 23.9 Å². The molecular formula is C20H20F2N2O2S. The average Bonchev–Trinajstić information content (AvgIpc) is 3.33. The molecule has 2 aromatic rings. The second-order valence-electron chi connectivity index (χ2n) is 7.31. The highest BCUT2D eigenvalue weighted by atomic mass is 32.1. The van der Waals surface area contributed by atoms with E-state index in [4.69, 9.17) is 0 Å². The molecule has 4 rings (SSSR count). The molecule has 2 amide bonds. The summed E-state index contributed by atoms with van der Waals surface area (Å²) in [6.45, 7) is 1.52. The van der Waals surface area contributed by atoms with Crippen LogP contribution in [0.5, 0.6) is 0 Å². The fourth-order valence-corrected chi connectivity index (χ4v) is 4.80. The van der Waals surface area contributed by atoms with Gasteiger partial charge in [0.05, 0.1) is 11.0 Å². The Labute approximate surface area is 160 Å². The minimum atomic E-state index is -0.903. The van der Waals surface area contributed by atoms with Crippen LogP contribution in [0.2, 0.25) is 0 Å². The van der Waals surface area contributed by atoms with Crippen molar-refractivity contribution in [3.05, 3.63) is 57.8 Å². The molecule has 0 bridgehead atoms. The van der Waals surface area contributed by atoms with E-state index in [0.29, 0.717) is 31.6 Å². The largest absolute Gasteiger partial charge is 0.338 e. The molecule has 0 aliphatic carbocycles. The van der Waals surface area contributed by atoms with Crippen LogP contribution in [0.1, 0.15) is 35.2 Å². The smallest absolute Gasteiger partial charge is 0.254 e. The number of hydrogen-bond acceptors (Lipinski definition) is 3. The summed E-state index contributed by atoms with van der Waals surface area (Å²) in [5.41, 5.74) is 0.233. The quantitative estimate of drug-likeness (QED) is 0.802. The maximum absolute atomic E-state index is 14.0. The van der Waals surface area contributed by atoms with Crippen LogP contribution < -0.4 is 0 Å². The van der Waals surface area contributed by atoms with Crippen molar-refractivity contribution in [3.63, 3.8) is 0 Å². The highest BCUT2D eigenvalue weighted by Gasteiger charge is 2.49. The van der Waals surface area contributed by atoms with Gasteiger partial charge >= 0.3 is 0 Å². The second kappa shape index (κ2) is 7.03. The SMILES string of the molecule is O=C(c1ccsc1)N1CC[C@@]2(CCCN(Cc3cccc(F)c3F)C2=O)C1. The summed E-state index contributed by atoms with van der Waals surface area (Å²) >= 11 is 1.47. The third-order valence-electron chi connectivity index (χ3n) is 5.63. The Hall–Kier alpha value is -2.28. The van der Waals surface area contributed by atoms with Crippen molar-refractivity contribution in [2.45, 2.75) is 25.8 Å². The first-order valence-electron chi connectivity index (χ1n) is 9.04. The van der Waals surface area contributed by atoms with Gasteiger partial charge in [-0.15, -0.1) is 0 Å². The van der Waals surface area contributed by atoms with Gasteiger partial charge in [0.15, 0.2) is 11.6 Å². The van der Waals surface area contributed by atoms with Gasteiger partial charge in [0.25, 0.3) is 5.91 Å². The van der Waals surface area contributed by atoms with Gasteiger partial charge in [0, 0.05) is 37.1 Å². The van der Waals surface area contributed by atoms with Gasteiger partial charge in [-0.25, -0.2) is 8.78 Å². The van der Waals surface area contributed by atoms with Crippen molar-refractivity contribution in [1.29, 1.82) is 0 Å². The van der Waals surface area contributed by atoms with E-state index in [9.17, 15) is 18.4 Å². The van der Waals surface area contributed by atoms with Gasteiger partial charge in [-0.05, 0) is 36.8 Å². The molecule has 0 radical (unpaired) electrons. The predicted octanol–water partition coefficient (Wildman–Crippen LogP) is 3.68. The van der Waals surface area contributed by atoms with Crippen LogP contribution in [0.3, 0.4) is 0 Å². The standard InChI is InChI=1S/C20H20F2N2O2S/c21-16-4-1-3-14(17(16)22)11-23-8-2-6-20(19(23)26)7-9-24(13-20)18(25)15-5-10-27-12-15/h1,3-5,10,12H,2,6-9,11,13H2/t20-/m0/s1. The topological polar surface area (TPSA) is 40.6 Å². The van der Waals surface area contributed by atoms with E-state index in [2.05, 4.69) is 0 Å². The molecule has 2 aliphatic heterocycles. The number of amides is 2. The monoisotopic (exact) mass is 390 g/mol. The molecule has 27 heavy (non-hydrogen) atoms. The Morgan fingerprint density at radius 2 is 2.04 bits per heavy atom. The Balaban J connectivity index is 1.50. The maximum atomic E-state index is 14.0. The number of halogens is 2. The molecule has 142 valence electrons. The molecule has 0 unspecified atom stereocenters. The number of hydrogen-bond donors (Lipinski definition) is 0. The van der Waals surface area contributed by atoms with Gasteiger partial charge in [-0.1, -0.05) is 12.1 Å². The fourth-order valence-electron chi connectivity index (χ4n) is 4.17. The van der Waals surface area contributed by atoms with Crippen molar-refractivity contribution in [3.8, 4) is 0 Å². The number of piperidine rings is 1. The summed E-state index contributed by atoms with van der Waals surface area (Å²) < 4.78 is 27.5. The Kier molecular flexibility index (Phi) is 4.72. The first-order valence-corrected chi connectivity index (χ1v) is 9.98. The van der Waals surface area contributed by atoms with E-state index < -0.39 is 17.0 Å². The Morgan fingerprint density at radius 1 is 1.19 bits per heavy atom. The molecule has 1 spiro atoms. The van der Waals surface area contributed by atoms with E-state index in [1.807, 2.05) is 10.8 Å². The van der Waals surface area contributed by atoms with Crippen LogP contribution in [0.25, 0.3) is 0 Å². The van der Waals surface area contributed by atoms with Crippen LogP contribution >= 0.6 is 11.3 Å². The van der Waals surface area contributed by atoms with E-state index >= 15 is 0 Å². The molecule has 7 heteroatoms. The lowest BCUT2D eigenvalue weighted by molar-refractivity contribution is -0.146. The summed E-state index contributed by atoms with van der Waals surface area (Å²) in [6.07, 6.45) is 2.13. The van der Waals surface area contributed by atoms with Crippen molar-refractivity contribution in [1.82, 2.24) is 9.80 Å². The lowest BCUT2D eigenvalue weighted by Crippen LogP contribution is -2.50. The van der Waals surface area contributed by atoms with Gasteiger partial charge in [0.1, 0.15) is 0 Å². The van der Waals surface area contributed by atoms with Crippen molar-refractivity contribution in [2.24, 2.45) is 5.41 Å². The number of carbonyl (C=O) groups excluding carboxylic acids is 2. The fraction of sp³-hybridized carbons (Fsp3) is 0.400. The van der Waals surface area contributed by atoms with Crippen molar-refractivity contribution < 1.29 is 18.4 Å². The minimum Gasteiger partial charge on any atom is -0.338 e. The molecule has 4 nitrogen and oxygen atoms in total. The minimum absolute atomic E-state index is 0.0470. The first-order chi connectivity index (χ1) is 13.0. The van der Waals surface area contributed by atoms with Crippen molar-refractivity contribution >= 4 is 23.2 Å². The molecule has 2 saturated heterocycles. The zero-order valence-electron chi connectivity index (χ0n) is 14.8. The number of rotatable bonds is 3. The van der Waals surface area contributed by atoms with Crippen LogP contribution in [0.15, 0.2) is 35.0 Å². The number of nitrogens with zero attached hydrogens (tertiary/aromatic N) is 2. The Morgan fingerprint density at radius 3 is 2.81 bits per heavy atom. The first kappa shape index (κ1) is 18.1. The summed E-state index contributed by atoms with van der Waals surface area (Å²) in [6, 6.07) is 5.83. The zero-order valence-corrected chi connectivity index (χ0v) is 15.6. The summed E-state index contributed by atoms with van der Waals surface area (Å²) in [4.78, 5) is 29.1. The third-order valence-corrected chi connectivity index (χ3v) is 6.31. The van der Waals surface area contributed by atoms with Crippen LogP contribution in [-0.2, 0) is 11.3 Å². The molecule has 3 heterocycles. The number of benzene rings is 1. The van der Waals surface area contributed by atoms with E-state index in [1.165, 1.54) is 23.5 Å². The summed E-state index contributed by atoms with van der Waals surface area (Å²) in [5, 5.41) is 3.68. The average molecular weight is 390 g/mol. The van der Waals surface area contributed by atoms with E-state index in [0.717, 1.165) is 18.9 Å². The molecule has 1 aromatic heterocycles. The number of thiophene rings is 1. The third kappa shape index (κ3) is 3.25. The van der Waals surface area contributed by atoms with Gasteiger partial charge in [-0.3, -0.25) is 9.59 Å². The van der Waals surface area contributed by atoms with Crippen LogP contribution in [0, 0.1) is 17.0 Å². The molecule has 1 atom stereocenters. The van der Waals surface area contributed by atoms with Gasteiger partial charge in [-0.2, -0.15) is 11.3 Å². The second-order valence-corrected chi connectivity index (χ2v) is 8.09. The van der Waals surface area contributed by atoms with Gasteiger partial charge in [0.2, 0.25) is 5.91 Å². The Bertz CT molecular complexity index is 871. The molecule has 0 N–H and O–H groups in total.